The predicted molar refractivity (Wildman–Crippen MR) is 92.8 cm³/mol. The summed E-state index contributed by atoms with van der Waals surface area (Å²) in [6.45, 7) is 2.86. The number of rotatable bonds is 5. The summed E-state index contributed by atoms with van der Waals surface area (Å²) in [5, 5.41) is 13.3. The van der Waals surface area contributed by atoms with E-state index in [-0.39, 0.29) is 22.0 Å². The Kier molecular flexibility index (Phi) is 5.89. The second kappa shape index (κ2) is 7.92. The molecule has 9 heteroatoms. The first-order chi connectivity index (χ1) is 12.2. The van der Waals surface area contributed by atoms with Gasteiger partial charge in [0, 0.05) is 11.6 Å². The normalized spacial score (nSPS) is 11.5. The minimum absolute atomic E-state index is 0.00830. The van der Waals surface area contributed by atoms with Crippen molar-refractivity contribution in [1.82, 2.24) is 0 Å². The Morgan fingerprint density at radius 3 is 2.58 bits per heavy atom. The third kappa shape index (κ3) is 4.54. The second-order valence-electron chi connectivity index (χ2n) is 5.42. The van der Waals surface area contributed by atoms with Gasteiger partial charge in [0.15, 0.2) is 6.10 Å². The molecule has 1 amide bonds. The summed E-state index contributed by atoms with van der Waals surface area (Å²) in [6, 6.07) is 7.28. The Morgan fingerprint density at radius 1 is 1.27 bits per heavy atom. The van der Waals surface area contributed by atoms with Crippen LogP contribution in [0.2, 0.25) is 5.02 Å². The smallest absolute Gasteiger partial charge is 0.339 e. The minimum Gasteiger partial charge on any atom is -0.449 e. The number of hydrogen-bond acceptors (Lipinski definition) is 5. The fourth-order valence-electron chi connectivity index (χ4n) is 2.04. The molecule has 0 aromatic heterocycles. The molecule has 0 saturated carbocycles. The number of benzene rings is 2. The van der Waals surface area contributed by atoms with Crippen LogP contribution in [0.5, 0.6) is 0 Å². The summed E-state index contributed by atoms with van der Waals surface area (Å²) in [7, 11) is 0. The number of nitro benzene ring substituents is 1. The Hall–Kier alpha value is -3.00. The van der Waals surface area contributed by atoms with Gasteiger partial charge < -0.3 is 10.1 Å². The molecule has 0 bridgehead atoms. The van der Waals surface area contributed by atoms with Gasteiger partial charge in [-0.25, -0.2) is 9.18 Å². The summed E-state index contributed by atoms with van der Waals surface area (Å²) in [4.78, 5) is 34.5. The molecule has 0 aliphatic heterocycles. The Balaban J connectivity index is 2.07. The van der Waals surface area contributed by atoms with Crippen molar-refractivity contribution in [2.75, 3.05) is 5.32 Å². The molecule has 0 radical (unpaired) electrons. The lowest BCUT2D eigenvalue weighted by Crippen LogP contribution is -2.30. The van der Waals surface area contributed by atoms with Gasteiger partial charge in [0.05, 0.1) is 21.2 Å². The zero-order valence-electron chi connectivity index (χ0n) is 13.8. The van der Waals surface area contributed by atoms with Crippen molar-refractivity contribution < 1.29 is 23.6 Å². The Labute approximate surface area is 152 Å². The van der Waals surface area contributed by atoms with E-state index in [1.165, 1.54) is 32.0 Å². The first-order valence-electron chi connectivity index (χ1n) is 7.41. The average Bonchev–Trinajstić information content (AvgIpc) is 2.57. The number of carbonyl (C=O) groups excluding carboxylic acids is 2. The summed E-state index contributed by atoms with van der Waals surface area (Å²) in [6.07, 6.45) is -1.20. The highest BCUT2D eigenvalue weighted by molar-refractivity contribution is 6.33. The number of nitro groups is 1. The van der Waals surface area contributed by atoms with Gasteiger partial charge in [-0.2, -0.15) is 0 Å². The lowest BCUT2D eigenvalue weighted by atomic mass is 10.1. The number of esters is 1. The lowest BCUT2D eigenvalue weighted by Gasteiger charge is -2.14. The van der Waals surface area contributed by atoms with E-state index < -0.39 is 28.7 Å². The average molecular weight is 381 g/mol. The molecule has 0 aliphatic rings. The number of nitrogens with zero attached hydrogens (tertiary/aromatic N) is 1. The number of nitrogens with one attached hydrogen (secondary N) is 1. The van der Waals surface area contributed by atoms with Crippen molar-refractivity contribution in [2.24, 2.45) is 0 Å². The highest BCUT2D eigenvalue weighted by Gasteiger charge is 2.22. The topological polar surface area (TPSA) is 98.5 Å². The molecule has 0 spiro atoms. The molecule has 0 aliphatic carbocycles. The quantitative estimate of drug-likeness (QED) is 0.482. The van der Waals surface area contributed by atoms with Gasteiger partial charge in [-0.3, -0.25) is 14.9 Å². The molecule has 0 fully saturated rings. The standard InChI is InChI=1S/C17H14ClFN2O5/c1-9-3-4-11(7-15(9)21(24)25)17(23)26-10(2)16(22)20-14-6-5-12(19)8-13(14)18/h3-8,10H,1-2H3,(H,20,22). The van der Waals surface area contributed by atoms with Crippen molar-refractivity contribution >= 4 is 34.9 Å². The predicted octanol–water partition coefficient (Wildman–Crippen LogP) is 3.88. The molecule has 1 unspecified atom stereocenters. The van der Waals surface area contributed by atoms with Crippen molar-refractivity contribution in [2.45, 2.75) is 20.0 Å². The third-order valence-corrected chi connectivity index (χ3v) is 3.80. The maximum atomic E-state index is 13.0. The molecular weight excluding hydrogens is 367 g/mol. The largest absolute Gasteiger partial charge is 0.449 e. The second-order valence-corrected chi connectivity index (χ2v) is 5.83. The van der Waals surface area contributed by atoms with Crippen molar-refractivity contribution in [1.29, 1.82) is 0 Å². The van der Waals surface area contributed by atoms with Gasteiger partial charge >= 0.3 is 5.97 Å². The summed E-state index contributed by atoms with van der Waals surface area (Å²) in [5.41, 5.74) is 0.270. The van der Waals surface area contributed by atoms with E-state index in [2.05, 4.69) is 5.32 Å². The molecule has 2 rings (SSSR count). The number of amides is 1. The molecular formula is C17H14ClFN2O5. The van der Waals surface area contributed by atoms with Crippen LogP contribution in [-0.2, 0) is 9.53 Å². The molecule has 0 heterocycles. The van der Waals surface area contributed by atoms with E-state index in [4.69, 9.17) is 16.3 Å². The van der Waals surface area contributed by atoms with Crippen LogP contribution in [0.4, 0.5) is 15.8 Å². The van der Waals surface area contributed by atoms with Crippen LogP contribution in [0, 0.1) is 22.9 Å². The number of hydrogen-bond donors (Lipinski definition) is 1. The van der Waals surface area contributed by atoms with Crippen LogP contribution in [0.25, 0.3) is 0 Å². The van der Waals surface area contributed by atoms with Gasteiger partial charge in [0.1, 0.15) is 5.82 Å². The Bertz CT molecular complexity index is 887. The molecule has 0 saturated heterocycles. The number of halogens is 2. The van der Waals surface area contributed by atoms with Crippen molar-refractivity contribution in [3.63, 3.8) is 0 Å². The molecule has 2 aromatic rings. The van der Waals surface area contributed by atoms with Crippen molar-refractivity contribution in [3.8, 4) is 0 Å². The number of aryl methyl sites for hydroxylation is 1. The van der Waals surface area contributed by atoms with Gasteiger partial charge in [-0.1, -0.05) is 17.7 Å². The number of carbonyl (C=O) groups is 2. The molecule has 136 valence electrons. The fraction of sp³-hybridized carbons (Fsp3) is 0.176. The Morgan fingerprint density at radius 2 is 1.96 bits per heavy atom. The van der Waals surface area contributed by atoms with E-state index in [1.54, 1.807) is 0 Å². The van der Waals surface area contributed by atoms with Gasteiger partial charge in [0.25, 0.3) is 11.6 Å². The zero-order chi connectivity index (χ0) is 19.4. The summed E-state index contributed by atoms with van der Waals surface area (Å²) >= 11 is 5.82. The SMILES string of the molecule is Cc1ccc(C(=O)OC(C)C(=O)Nc2ccc(F)cc2Cl)cc1[N+](=O)[O-]. The lowest BCUT2D eigenvalue weighted by molar-refractivity contribution is -0.385. The minimum atomic E-state index is -1.20. The van der Waals surface area contributed by atoms with Gasteiger partial charge in [-0.05, 0) is 38.1 Å². The van der Waals surface area contributed by atoms with Gasteiger partial charge in [0.2, 0.25) is 0 Å². The van der Waals surface area contributed by atoms with Crippen LogP contribution in [0.1, 0.15) is 22.8 Å². The van der Waals surface area contributed by atoms with Crippen LogP contribution >= 0.6 is 11.6 Å². The fourth-order valence-corrected chi connectivity index (χ4v) is 2.25. The zero-order valence-corrected chi connectivity index (χ0v) is 14.5. The first-order valence-corrected chi connectivity index (χ1v) is 7.78. The molecule has 2 aromatic carbocycles. The molecule has 26 heavy (non-hydrogen) atoms. The van der Waals surface area contributed by atoms with Gasteiger partial charge in [-0.15, -0.1) is 0 Å². The van der Waals surface area contributed by atoms with E-state index in [1.807, 2.05) is 0 Å². The monoisotopic (exact) mass is 380 g/mol. The maximum absolute atomic E-state index is 13.0. The summed E-state index contributed by atoms with van der Waals surface area (Å²) in [5.74, 6) is -2.14. The highest BCUT2D eigenvalue weighted by Crippen LogP contribution is 2.23. The molecule has 7 nitrogen and oxygen atoms in total. The highest BCUT2D eigenvalue weighted by atomic mass is 35.5. The first kappa shape index (κ1) is 19.3. The van der Waals surface area contributed by atoms with E-state index >= 15 is 0 Å². The third-order valence-electron chi connectivity index (χ3n) is 3.48. The van der Waals surface area contributed by atoms with E-state index in [9.17, 15) is 24.1 Å². The van der Waals surface area contributed by atoms with Crippen LogP contribution in [-0.4, -0.2) is 22.9 Å². The molecule has 1 atom stereocenters. The maximum Gasteiger partial charge on any atom is 0.339 e. The van der Waals surface area contributed by atoms with E-state index in [0.29, 0.717) is 5.56 Å². The number of ether oxygens (including phenoxy) is 1. The van der Waals surface area contributed by atoms with Crippen LogP contribution in [0.15, 0.2) is 36.4 Å². The van der Waals surface area contributed by atoms with E-state index in [0.717, 1.165) is 18.2 Å². The number of anilines is 1. The molecule has 1 N–H and O–H groups in total. The summed E-state index contributed by atoms with van der Waals surface area (Å²) < 4.78 is 18.0. The van der Waals surface area contributed by atoms with Crippen LogP contribution in [0.3, 0.4) is 0 Å². The van der Waals surface area contributed by atoms with Crippen LogP contribution < -0.4 is 5.32 Å². The van der Waals surface area contributed by atoms with Crippen molar-refractivity contribution in [3.05, 3.63) is 68.5 Å².